The van der Waals surface area contributed by atoms with Gasteiger partial charge in [-0.2, -0.15) is 0 Å². The summed E-state index contributed by atoms with van der Waals surface area (Å²) < 4.78 is 4.66. The summed E-state index contributed by atoms with van der Waals surface area (Å²) in [6.07, 6.45) is 0. The van der Waals surface area contributed by atoms with Crippen LogP contribution in [0, 0.1) is 0 Å². The molecule has 2 N–H and O–H groups in total. The van der Waals surface area contributed by atoms with Crippen LogP contribution in [0.2, 0.25) is 5.15 Å². The van der Waals surface area contributed by atoms with Gasteiger partial charge in [-0.05, 0) is 31.5 Å². The number of hydrogen-bond acceptors (Lipinski definition) is 6. The summed E-state index contributed by atoms with van der Waals surface area (Å²) in [5, 5.41) is 7.28. The number of benzene rings is 1. The molecule has 0 aliphatic heterocycles. The van der Waals surface area contributed by atoms with Gasteiger partial charge in [0.1, 0.15) is 0 Å². The zero-order valence-corrected chi connectivity index (χ0v) is 14.2. The van der Waals surface area contributed by atoms with Crippen LogP contribution in [0.1, 0.15) is 29.1 Å². The van der Waals surface area contributed by atoms with E-state index in [1.165, 1.54) is 18.4 Å². The topological polar surface area (TPSA) is 63.2 Å². The maximum Gasteiger partial charge on any atom is 0.351 e. The summed E-state index contributed by atoms with van der Waals surface area (Å²) in [5.74, 6) is -0.473. The average Bonchev–Trinajstić information content (AvgIpc) is 2.85. The van der Waals surface area contributed by atoms with E-state index >= 15 is 0 Å². The van der Waals surface area contributed by atoms with Crippen LogP contribution in [0.4, 0.5) is 10.8 Å². The van der Waals surface area contributed by atoms with Crippen molar-refractivity contribution in [3.63, 3.8) is 0 Å². The number of carbonyl (C=O) groups is 1. The number of carbonyl (C=O) groups excluding carboxylic acids is 1. The molecule has 5 nitrogen and oxygen atoms in total. The van der Waals surface area contributed by atoms with Crippen molar-refractivity contribution in [1.29, 1.82) is 0 Å². The largest absolute Gasteiger partial charge is 0.465 e. The van der Waals surface area contributed by atoms with E-state index in [0.29, 0.717) is 22.6 Å². The van der Waals surface area contributed by atoms with E-state index in [1.807, 2.05) is 18.2 Å². The molecule has 0 bridgehead atoms. The first-order valence-corrected chi connectivity index (χ1v) is 8.03. The number of thiazole rings is 1. The fourth-order valence-corrected chi connectivity index (χ4v) is 2.98. The molecule has 1 aromatic heterocycles. The average molecular weight is 340 g/mol. The van der Waals surface area contributed by atoms with E-state index in [9.17, 15) is 4.79 Å². The smallest absolute Gasteiger partial charge is 0.351 e. The molecule has 0 atom stereocenters. The van der Waals surface area contributed by atoms with Crippen LogP contribution in [0.25, 0.3) is 0 Å². The molecule has 0 amide bonds. The van der Waals surface area contributed by atoms with Gasteiger partial charge in [0.2, 0.25) is 0 Å². The third-order valence-electron chi connectivity index (χ3n) is 2.78. The fraction of sp³-hybridized carbons (Fsp3) is 0.333. The highest BCUT2D eigenvalue weighted by atomic mass is 35.5. The van der Waals surface area contributed by atoms with Gasteiger partial charge in [-0.1, -0.05) is 35.1 Å². The van der Waals surface area contributed by atoms with E-state index in [4.69, 9.17) is 11.6 Å². The van der Waals surface area contributed by atoms with E-state index in [2.05, 4.69) is 40.3 Å². The quantitative estimate of drug-likeness (QED) is 0.778. The molecule has 0 spiro atoms. The second-order valence-electron chi connectivity index (χ2n) is 4.98. The van der Waals surface area contributed by atoms with Crippen molar-refractivity contribution in [1.82, 2.24) is 4.98 Å². The lowest BCUT2D eigenvalue weighted by molar-refractivity contribution is 0.0606. The molecule has 2 aromatic rings. The molecule has 2 rings (SSSR count). The Kier molecular flexibility index (Phi) is 5.63. The second-order valence-corrected chi connectivity index (χ2v) is 6.34. The molecule has 0 radical (unpaired) electrons. The molecule has 0 saturated heterocycles. The molecule has 7 heteroatoms. The van der Waals surface area contributed by atoms with Gasteiger partial charge in [0, 0.05) is 18.3 Å². The Bertz CT molecular complexity index is 658. The van der Waals surface area contributed by atoms with Crippen molar-refractivity contribution < 1.29 is 9.53 Å². The van der Waals surface area contributed by atoms with Crippen LogP contribution >= 0.6 is 22.9 Å². The minimum Gasteiger partial charge on any atom is -0.465 e. The maximum absolute atomic E-state index is 11.5. The summed E-state index contributed by atoms with van der Waals surface area (Å²) in [4.78, 5) is 15.9. The molecule has 0 fully saturated rings. The van der Waals surface area contributed by atoms with Crippen molar-refractivity contribution >= 4 is 39.7 Å². The Morgan fingerprint density at radius 2 is 2.23 bits per heavy atom. The van der Waals surface area contributed by atoms with E-state index < -0.39 is 5.97 Å². The number of hydrogen-bond donors (Lipinski definition) is 2. The first-order chi connectivity index (χ1) is 10.5. The van der Waals surface area contributed by atoms with Gasteiger partial charge in [-0.3, -0.25) is 0 Å². The number of rotatable bonds is 6. The van der Waals surface area contributed by atoms with Crippen LogP contribution in [-0.4, -0.2) is 24.1 Å². The van der Waals surface area contributed by atoms with Crippen LogP contribution in [0.15, 0.2) is 24.3 Å². The Labute approximate surface area is 138 Å². The zero-order chi connectivity index (χ0) is 16.1. The van der Waals surface area contributed by atoms with Gasteiger partial charge in [-0.25, -0.2) is 9.78 Å². The van der Waals surface area contributed by atoms with Gasteiger partial charge in [0.25, 0.3) is 0 Å². The van der Waals surface area contributed by atoms with Crippen molar-refractivity contribution in [3.8, 4) is 0 Å². The minimum absolute atomic E-state index is 0.162. The number of aromatic nitrogens is 1. The number of esters is 1. The summed E-state index contributed by atoms with van der Waals surface area (Å²) in [6, 6.07) is 8.50. The molecular weight excluding hydrogens is 322 g/mol. The minimum atomic E-state index is -0.473. The SMILES string of the molecule is COC(=O)c1sc(NCc2cccc(NC(C)C)c2)nc1Cl. The van der Waals surface area contributed by atoms with Crippen LogP contribution in [0.5, 0.6) is 0 Å². The number of halogens is 1. The standard InChI is InChI=1S/C15H18ClN3O2S/c1-9(2)18-11-6-4-5-10(7-11)8-17-15-19-13(16)12(22-15)14(20)21-3/h4-7,9,18H,8H2,1-3H3,(H,17,19). The van der Waals surface area contributed by atoms with Crippen molar-refractivity contribution in [2.24, 2.45) is 0 Å². The summed E-state index contributed by atoms with van der Waals surface area (Å²) >= 11 is 7.11. The zero-order valence-electron chi connectivity index (χ0n) is 12.6. The summed E-state index contributed by atoms with van der Waals surface area (Å²) in [6.45, 7) is 4.78. The Hall–Kier alpha value is -1.79. The molecule has 1 heterocycles. The van der Waals surface area contributed by atoms with Gasteiger partial charge < -0.3 is 15.4 Å². The van der Waals surface area contributed by atoms with Gasteiger partial charge in [-0.15, -0.1) is 0 Å². The van der Waals surface area contributed by atoms with E-state index in [1.54, 1.807) is 0 Å². The lowest BCUT2D eigenvalue weighted by atomic mass is 10.2. The molecule has 1 aromatic carbocycles. The number of nitrogens with one attached hydrogen (secondary N) is 2. The Morgan fingerprint density at radius 3 is 2.91 bits per heavy atom. The number of anilines is 2. The molecule has 0 unspecified atom stereocenters. The predicted octanol–water partition coefficient (Wildman–Crippen LogP) is 4.02. The first-order valence-electron chi connectivity index (χ1n) is 6.83. The van der Waals surface area contributed by atoms with Gasteiger partial charge in [0.15, 0.2) is 15.2 Å². The van der Waals surface area contributed by atoms with Gasteiger partial charge in [0.05, 0.1) is 7.11 Å². The van der Waals surface area contributed by atoms with Crippen LogP contribution in [-0.2, 0) is 11.3 Å². The number of nitrogens with zero attached hydrogens (tertiary/aromatic N) is 1. The van der Waals surface area contributed by atoms with E-state index in [-0.39, 0.29) is 5.15 Å². The normalized spacial score (nSPS) is 10.6. The lowest BCUT2D eigenvalue weighted by Gasteiger charge is -2.11. The molecule has 0 aliphatic rings. The van der Waals surface area contributed by atoms with E-state index in [0.717, 1.165) is 11.3 Å². The Morgan fingerprint density at radius 1 is 1.45 bits per heavy atom. The summed E-state index contributed by atoms with van der Waals surface area (Å²) in [5.41, 5.74) is 2.18. The highest BCUT2D eigenvalue weighted by Gasteiger charge is 2.17. The highest BCUT2D eigenvalue weighted by Crippen LogP contribution is 2.28. The molecule has 0 aliphatic carbocycles. The van der Waals surface area contributed by atoms with Gasteiger partial charge >= 0.3 is 5.97 Å². The summed E-state index contributed by atoms with van der Waals surface area (Å²) in [7, 11) is 1.32. The van der Waals surface area contributed by atoms with Crippen LogP contribution < -0.4 is 10.6 Å². The van der Waals surface area contributed by atoms with Crippen molar-refractivity contribution in [3.05, 3.63) is 39.9 Å². The fourth-order valence-electron chi connectivity index (χ4n) is 1.88. The first kappa shape index (κ1) is 16.6. The predicted molar refractivity (Wildman–Crippen MR) is 91.0 cm³/mol. The Balaban J connectivity index is 2.02. The lowest BCUT2D eigenvalue weighted by Crippen LogP contribution is -2.10. The monoisotopic (exact) mass is 339 g/mol. The second kappa shape index (κ2) is 7.47. The number of ether oxygens (including phenoxy) is 1. The number of methoxy groups -OCH3 is 1. The highest BCUT2D eigenvalue weighted by molar-refractivity contribution is 7.18. The molecular formula is C15H18ClN3O2S. The van der Waals surface area contributed by atoms with Crippen molar-refractivity contribution in [2.75, 3.05) is 17.7 Å². The molecule has 22 heavy (non-hydrogen) atoms. The molecule has 0 saturated carbocycles. The van der Waals surface area contributed by atoms with Crippen molar-refractivity contribution in [2.45, 2.75) is 26.4 Å². The third-order valence-corrected chi connectivity index (χ3v) is 4.16. The maximum atomic E-state index is 11.5. The molecule has 118 valence electrons. The third kappa shape index (κ3) is 4.35. The van der Waals surface area contributed by atoms with Crippen LogP contribution in [0.3, 0.4) is 0 Å².